The van der Waals surface area contributed by atoms with E-state index in [9.17, 15) is 0 Å². The van der Waals surface area contributed by atoms with E-state index in [1.54, 1.807) is 0 Å². The van der Waals surface area contributed by atoms with Gasteiger partial charge in [0.15, 0.2) is 0 Å². The third-order valence-corrected chi connectivity index (χ3v) is 1.08. The van der Waals surface area contributed by atoms with Gasteiger partial charge in [-0.2, -0.15) is 0 Å². The summed E-state index contributed by atoms with van der Waals surface area (Å²) < 4.78 is 10.3. The van der Waals surface area contributed by atoms with Crippen molar-refractivity contribution in [3.63, 3.8) is 0 Å². The van der Waals surface area contributed by atoms with E-state index < -0.39 is 0 Å². The van der Waals surface area contributed by atoms with Crippen LogP contribution < -0.4 is 0 Å². The van der Waals surface area contributed by atoms with E-state index in [1.165, 1.54) is 0 Å². The molecule has 88 valence electrons. The van der Waals surface area contributed by atoms with E-state index in [2.05, 4.69) is 49.7 Å². The summed E-state index contributed by atoms with van der Waals surface area (Å²) in [7, 11) is 0. The van der Waals surface area contributed by atoms with Gasteiger partial charge in [-0.05, 0) is 52.1 Å². The van der Waals surface area contributed by atoms with Crippen LogP contribution in [0.2, 0.25) is 0 Å². The molecular weight excluding hydrogens is 464 g/mol. The Morgan fingerprint density at radius 3 is 1.07 bits per heavy atom. The van der Waals surface area contributed by atoms with Gasteiger partial charge in [0.05, 0.1) is 12.2 Å². The normalized spacial score (nSPS) is 8.53. The van der Waals surface area contributed by atoms with Crippen molar-refractivity contribution in [3.8, 4) is 0 Å². The fraction of sp³-hybridized carbons (Fsp3) is 0.750. The Kier molecular flexibility index (Phi) is 19.4. The molecular formula is C8H16O2PbS4. The number of thiol groups is 2. The molecule has 0 aromatic carbocycles. The monoisotopic (exact) mass is 480 g/mol. The minimum Gasteiger partial charge on any atom is -0.476 e. The second-order valence-corrected chi connectivity index (χ2v) is 5.02. The maximum absolute atomic E-state index is 4.85. The molecule has 0 heterocycles. The Morgan fingerprint density at radius 2 is 1.07 bits per heavy atom. The van der Waals surface area contributed by atoms with Gasteiger partial charge in [-0.25, -0.2) is 0 Å². The van der Waals surface area contributed by atoms with E-state index in [-0.39, 0.29) is 39.5 Å². The van der Waals surface area contributed by atoms with Crippen molar-refractivity contribution in [2.45, 2.75) is 39.9 Å². The summed E-state index contributed by atoms with van der Waals surface area (Å²) in [5, 5.41) is 0. The van der Waals surface area contributed by atoms with Crippen LogP contribution in [0.1, 0.15) is 27.7 Å². The van der Waals surface area contributed by atoms with Crippen LogP contribution in [-0.4, -0.2) is 48.3 Å². The van der Waals surface area contributed by atoms with Crippen molar-refractivity contribution in [1.82, 2.24) is 0 Å². The molecule has 0 aromatic heterocycles. The van der Waals surface area contributed by atoms with Crippen LogP contribution in [0.3, 0.4) is 0 Å². The molecule has 0 aliphatic heterocycles. The molecule has 7 heteroatoms. The van der Waals surface area contributed by atoms with E-state index in [0.29, 0.717) is 8.77 Å². The van der Waals surface area contributed by atoms with Crippen molar-refractivity contribution in [2.24, 2.45) is 0 Å². The predicted octanol–water partition coefficient (Wildman–Crippen LogP) is 2.87. The molecule has 0 aliphatic carbocycles. The van der Waals surface area contributed by atoms with Crippen LogP contribution in [0.25, 0.3) is 0 Å². The molecule has 0 saturated heterocycles. The molecule has 0 rings (SSSR count). The number of rotatable bonds is 2. The summed E-state index contributed by atoms with van der Waals surface area (Å²) in [5.74, 6) is 0. The van der Waals surface area contributed by atoms with Crippen molar-refractivity contribution < 1.29 is 9.47 Å². The van der Waals surface area contributed by atoms with Gasteiger partial charge >= 0.3 is 0 Å². The molecule has 0 saturated carbocycles. The van der Waals surface area contributed by atoms with E-state index in [0.717, 1.165) is 0 Å². The molecule has 0 aromatic rings. The summed E-state index contributed by atoms with van der Waals surface area (Å²) in [6.07, 6.45) is 0.315. The Bertz CT molecular complexity index is 165. The third-order valence-electron chi connectivity index (χ3n) is 0.673. The van der Waals surface area contributed by atoms with Crippen LogP contribution >= 0.6 is 49.7 Å². The van der Waals surface area contributed by atoms with Crippen molar-refractivity contribution >= 4 is 85.8 Å². The summed E-state index contributed by atoms with van der Waals surface area (Å²) in [6.45, 7) is 7.62. The minimum atomic E-state index is 0. The minimum absolute atomic E-state index is 0. The number of hydrogen-bond acceptors (Lipinski definition) is 4. The molecule has 4 radical (unpaired) electrons. The maximum atomic E-state index is 4.85. The van der Waals surface area contributed by atoms with Gasteiger partial charge in [-0.3, -0.25) is 0 Å². The Morgan fingerprint density at radius 1 is 0.867 bits per heavy atom. The van der Waals surface area contributed by atoms with Gasteiger partial charge in [-0.1, -0.05) is 25.3 Å². The molecule has 2 nitrogen and oxygen atoms in total. The Hall–Kier alpha value is 1.40. The van der Waals surface area contributed by atoms with E-state index >= 15 is 0 Å². The molecule has 0 N–H and O–H groups in total. The number of ether oxygens (including phenoxy) is 2. The zero-order valence-electron chi connectivity index (χ0n) is 9.18. The van der Waals surface area contributed by atoms with Crippen LogP contribution in [0.4, 0.5) is 0 Å². The van der Waals surface area contributed by atoms with Gasteiger partial charge in [0.1, 0.15) is 0 Å². The van der Waals surface area contributed by atoms with Gasteiger partial charge < -0.3 is 9.47 Å². The van der Waals surface area contributed by atoms with Gasteiger partial charge in [0, 0.05) is 27.3 Å². The Balaban J connectivity index is -0.000000180. The van der Waals surface area contributed by atoms with Crippen molar-refractivity contribution in [3.05, 3.63) is 0 Å². The molecule has 0 atom stereocenters. The largest absolute Gasteiger partial charge is 0.476 e. The topological polar surface area (TPSA) is 18.5 Å². The van der Waals surface area contributed by atoms with Gasteiger partial charge in [0.25, 0.3) is 0 Å². The standard InChI is InChI=1S/2C4H8OS2.Pb/c2*1-3(2)5-4(6)7;/h2*3H,1-2H3,(H,6,7);. The smallest absolute Gasteiger partial charge is 0.217 e. The first kappa shape index (κ1) is 21.7. The van der Waals surface area contributed by atoms with Crippen LogP contribution in [0.15, 0.2) is 0 Å². The molecule has 0 spiro atoms. The SMILES string of the molecule is CC(C)OC(=S)S.CC(C)OC(=S)S.[Pb]. The van der Waals surface area contributed by atoms with Gasteiger partial charge in [0.2, 0.25) is 8.77 Å². The Labute approximate surface area is 134 Å². The molecule has 0 amide bonds. The first-order valence-corrected chi connectivity index (χ1v) is 5.76. The second-order valence-electron chi connectivity index (χ2n) is 2.87. The van der Waals surface area contributed by atoms with Crippen molar-refractivity contribution in [1.29, 1.82) is 0 Å². The average Bonchev–Trinajstić information content (AvgIpc) is 1.79. The average molecular weight is 480 g/mol. The van der Waals surface area contributed by atoms with E-state index in [1.807, 2.05) is 27.7 Å². The van der Waals surface area contributed by atoms with Crippen molar-refractivity contribution in [2.75, 3.05) is 0 Å². The zero-order chi connectivity index (χ0) is 11.7. The molecule has 0 unspecified atom stereocenters. The van der Waals surface area contributed by atoms with Crippen LogP contribution in [0.5, 0.6) is 0 Å². The molecule has 0 fully saturated rings. The van der Waals surface area contributed by atoms with Crippen LogP contribution in [0, 0.1) is 0 Å². The summed E-state index contributed by atoms with van der Waals surface area (Å²) >= 11 is 16.5. The summed E-state index contributed by atoms with van der Waals surface area (Å²) in [4.78, 5) is 0. The zero-order valence-corrected chi connectivity index (χ0v) is 16.5. The summed E-state index contributed by atoms with van der Waals surface area (Å²) in [6, 6.07) is 0. The second kappa shape index (κ2) is 13.5. The first-order valence-electron chi connectivity index (χ1n) is 4.04. The molecule has 15 heavy (non-hydrogen) atoms. The number of thiocarbonyl (C=S) groups is 2. The molecule has 0 aliphatic rings. The first-order chi connectivity index (χ1) is 6.25. The molecule has 0 bridgehead atoms. The summed E-state index contributed by atoms with van der Waals surface area (Å²) in [5.41, 5.74) is 0. The van der Waals surface area contributed by atoms with Crippen LogP contribution in [-0.2, 0) is 9.47 Å². The number of hydrogen-bond donors (Lipinski definition) is 2. The van der Waals surface area contributed by atoms with Gasteiger partial charge in [-0.15, -0.1) is 0 Å². The predicted molar refractivity (Wildman–Crippen MR) is 81.4 cm³/mol. The fourth-order valence-electron chi connectivity index (χ4n) is 0.403. The fourth-order valence-corrected chi connectivity index (χ4v) is 1.21. The van der Waals surface area contributed by atoms with E-state index in [4.69, 9.17) is 9.47 Å². The quantitative estimate of drug-likeness (QED) is 0.360. The third kappa shape index (κ3) is 31.3. The maximum Gasteiger partial charge on any atom is 0.217 e.